The summed E-state index contributed by atoms with van der Waals surface area (Å²) in [4.78, 5) is 12.3. The van der Waals surface area contributed by atoms with Crippen LogP contribution in [0.5, 0.6) is 0 Å². The Labute approximate surface area is 186 Å². The fourth-order valence-corrected chi connectivity index (χ4v) is 5.16. The van der Waals surface area contributed by atoms with Gasteiger partial charge in [0.05, 0.1) is 5.69 Å². The Morgan fingerprint density at radius 3 is 2.64 bits per heavy atom. The Kier molecular flexibility index (Phi) is 6.78. The summed E-state index contributed by atoms with van der Waals surface area (Å²) in [6, 6.07) is 1.32. The Morgan fingerprint density at radius 2 is 2.07 bits per heavy atom. The van der Waals surface area contributed by atoms with Gasteiger partial charge in [-0.1, -0.05) is 11.1 Å². The van der Waals surface area contributed by atoms with Crippen molar-refractivity contribution < 1.29 is 51.5 Å². The molecule has 6 atom stereocenters. The molecule has 11 heteroatoms. The molecule has 150 valence electrons. The first-order chi connectivity index (χ1) is 12.7. The van der Waals surface area contributed by atoms with Gasteiger partial charge in [0.1, 0.15) is 5.69 Å². The number of fused-ring (bicyclic) bond motifs is 1. The average Bonchev–Trinajstić information content (AvgIpc) is 3.03. The van der Waals surface area contributed by atoms with Crippen LogP contribution in [0.1, 0.15) is 49.9 Å². The van der Waals surface area contributed by atoms with Crippen molar-refractivity contribution in [3.63, 3.8) is 0 Å². The topological polar surface area (TPSA) is 72.2 Å². The molecule has 3 saturated heterocycles. The molecule has 2 unspecified atom stereocenters. The first-order valence-electron chi connectivity index (χ1n) is 9.28. The van der Waals surface area contributed by atoms with E-state index in [1.54, 1.807) is 0 Å². The number of nitrogens with zero attached hydrogens (tertiary/aromatic N) is 4. The summed E-state index contributed by atoms with van der Waals surface area (Å²) in [6.07, 6.45) is -0.972. The molecule has 0 bridgehead atoms. The molecule has 0 radical (unpaired) electrons. The van der Waals surface area contributed by atoms with E-state index in [1.807, 2.05) is 16.7 Å². The first kappa shape index (κ1) is 22.4. The first-order valence-corrected chi connectivity index (χ1v) is 10.5. The molecule has 3 aliphatic heterocycles. The molecule has 0 aliphatic carbocycles. The van der Waals surface area contributed by atoms with Gasteiger partial charge in [-0.25, -0.2) is 9.97 Å². The zero-order valence-electron chi connectivity index (χ0n) is 16.0. The van der Waals surface area contributed by atoms with Crippen LogP contribution in [-0.4, -0.2) is 60.6 Å². The monoisotopic (exact) mass is 426 g/mol. The number of anilines is 1. The smallest absolute Gasteiger partial charge is 0.772 e. The zero-order chi connectivity index (χ0) is 19.3. The molecule has 6 nitrogen and oxygen atoms in total. The minimum atomic E-state index is -4.52. The van der Waals surface area contributed by atoms with Crippen molar-refractivity contribution in [1.82, 2.24) is 14.9 Å². The standard InChI is InChI=1S/C17H23F3N4O2S.Na/c1-10-4-2-3-5-23(10)16-21-12(7-15(22-16)17(18,19)20)11-6-13-14(9-27(25)26)24(13)8-11;/h7,10-11,13-14H,2-6,8-9H2,1H3,(H,25,26);/q;+1/p-1/t10-,11?,13-,14+,24+;/m0./s1. The Bertz CT molecular complexity index is 742. The van der Waals surface area contributed by atoms with Gasteiger partial charge in [-0.2, -0.15) is 13.2 Å². The molecule has 3 aliphatic rings. The summed E-state index contributed by atoms with van der Waals surface area (Å²) in [6.45, 7) is 3.21. The molecular formula is C17H22F3N4NaO2S. The summed E-state index contributed by atoms with van der Waals surface area (Å²) < 4.78 is 61.9. The fraction of sp³-hybridized carbons (Fsp3) is 0.765. The van der Waals surface area contributed by atoms with Gasteiger partial charge in [-0.3, -0.25) is 9.11 Å². The second-order valence-corrected chi connectivity index (χ2v) is 8.69. The molecule has 0 amide bonds. The van der Waals surface area contributed by atoms with Crippen LogP contribution in [-0.2, 0) is 17.3 Å². The van der Waals surface area contributed by atoms with Gasteiger partial charge < -0.3 is 9.45 Å². The van der Waals surface area contributed by atoms with Gasteiger partial charge in [-0.15, -0.1) is 0 Å². The normalized spacial score (nSPS) is 33.2. The molecule has 0 N–H and O–H groups in total. The maximum Gasteiger partial charge on any atom is 1.00 e. The van der Waals surface area contributed by atoms with Gasteiger partial charge in [0.2, 0.25) is 5.95 Å². The van der Waals surface area contributed by atoms with Gasteiger partial charge in [0.25, 0.3) is 0 Å². The van der Waals surface area contributed by atoms with E-state index in [2.05, 4.69) is 9.97 Å². The molecule has 3 fully saturated rings. The number of aromatic nitrogens is 2. The minimum absolute atomic E-state index is 0. The van der Waals surface area contributed by atoms with Gasteiger partial charge >= 0.3 is 35.7 Å². The third kappa shape index (κ3) is 4.57. The number of halogens is 3. The summed E-state index contributed by atoms with van der Waals surface area (Å²) in [5, 5.41) is 0. The molecule has 1 aromatic rings. The van der Waals surface area contributed by atoms with Crippen molar-refractivity contribution in [3.8, 4) is 0 Å². The van der Waals surface area contributed by atoms with E-state index in [0.717, 1.165) is 25.3 Å². The number of hydrogen-bond donors (Lipinski definition) is 0. The summed E-state index contributed by atoms with van der Waals surface area (Å²) in [7, 11) is 0. The van der Waals surface area contributed by atoms with E-state index < -0.39 is 23.0 Å². The Morgan fingerprint density at radius 1 is 1.32 bits per heavy atom. The Balaban J connectivity index is 0.00000225. The molecule has 0 spiro atoms. The van der Waals surface area contributed by atoms with Gasteiger partial charge in [-0.05, 0) is 38.7 Å². The molecular weight excluding hydrogens is 404 g/mol. The van der Waals surface area contributed by atoms with Crippen LogP contribution in [0.15, 0.2) is 6.07 Å². The third-order valence-corrected chi connectivity index (χ3v) is 6.59. The van der Waals surface area contributed by atoms with Crippen LogP contribution < -0.4 is 34.5 Å². The van der Waals surface area contributed by atoms with E-state index in [0.29, 0.717) is 25.2 Å². The largest absolute Gasteiger partial charge is 1.00 e. The summed E-state index contributed by atoms with van der Waals surface area (Å²) >= 11 is -2.10. The quantitative estimate of drug-likeness (QED) is 0.360. The Hall–Kier alpha value is -0.260. The van der Waals surface area contributed by atoms with Crippen LogP contribution in [0.4, 0.5) is 19.1 Å². The minimum Gasteiger partial charge on any atom is -0.772 e. The maximum atomic E-state index is 13.4. The number of rotatable bonds is 4. The zero-order valence-corrected chi connectivity index (χ0v) is 18.8. The van der Waals surface area contributed by atoms with E-state index in [-0.39, 0.29) is 65.3 Å². The number of hydrogen-bond acceptors (Lipinski definition) is 6. The van der Waals surface area contributed by atoms with Gasteiger partial charge in [0.15, 0.2) is 0 Å². The van der Waals surface area contributed by atoms with Crippen molar-refractivity contribution in [2.24, 2.45) is 0 Å². The van der Waals surface area contributed by atoms with Crippen LogP contribution in [0.25, 0.3) is 0 Å². The molecule has 4 heterocycles. The van der Waals surface area contributed by atoms with Crippen molar-refractivity contribution in [2.75, 3.05) is 23.7 Å². The third-order valence-electron chi connectivity index (χ3n) is 5.97. The maximum absolute atomic E-state index is 13.4. The van der Waals surface area contributed by atoms with Crippen LogP contribution in [0.2, 0.25) is 0 Å². The predicted octanol–water partition coefficient (Wildman–Crippen LogP) is -0.703. The van der Waals surface area contributed by atoms with Gasteiger partial charge in [0, 0.05) is 42.9 Å². The van der Waals surface area contributed by atoms with Crippen LogP contribution in [0.3, 0.4) is 0 Å². The van der Waals surface area contributed by atoms with E-state index >= 15 is 0 Å². The fourth-order valence-electron chi connectivity index (χ4n) is 4.47. The van der Waals surface area contributed by atoms with E-state index in [1.165, 1.54) is 0 Å². The van der Waals surface area contributed by atoms with E-state index in [4.69, 9.17) is 0 Å². The predicted molar refractivity (Wildman–Crippen MR) is 93.1 cm³/mol. The van der Waals surface area contributed by atoms with E-state index in [9.17, 15) is 21.9 Å². The molecule has 1 aromatic heterocycles. The van der Waals surface area contributed by atoms with Crippen molar-refractivity contribution in [3.05, 3.63) is 17.5 Å². The molecule has 4 rings (SSSR count). The summed E-state index contributed by atoms with van der Waals surface area (Å²) in [5.74, 6) is 0.139. The molecule has 0 aromatic carbocycles. The number of piperidine rings is 2. The second kappa shape index (κ2) is 8.47. The molecule has 28 heavy (non-hydrogen) atoms. The second-order valence-electron chi connectivity index (χ2n) is 7.75. The van der Waals surface area contributed by atoms with Crippen molar-refractivity contribution in [1.29, 1.82) is 0 Å². The van der Waals surface area contributed by atoms with Crippen LogP contribution >= 0.6 is 0 Å². The average molecular weight is 426 g/mol. The van der Waals surface area contributed by atoms with Crippen molar-refractivity contribution in [2.45, 2.75) is 62.8 Å². The number of alkyl halides is 3. The summed E-state index contributed by atoms with van der Waals surface area (Å²) in [5.41, 5.74) is -0.479. The van der Waals surface area contributed by atoms with Crippen LogP contribution in [0, 0.1) is 0 Å². The van der Waals surface area contributed by atoms with Crippen molar-refractivity contribution >= 4 is 17.0 Å². The SMILES string of the molecule is C[C@H]1CCCCN1c1nc(C2C[C@H]3[C@@H](CS(=O)[O-])[N@]3C2)cc(C(F)(F)F)n1.[Na+]. The molecule has 0 saturated carbocycles.